The number of cyclic esters (lactones) is 1. The van der Waals surface area contributed by atoms with Crippen LogP contribution in [0.5, 0.6) is 0 Å². The van der Waals surface area contributed by atoms with Crippen LogP contribution in [-0.2, 0) is 14.0 Å². The molecule has 3 rings (SSSR count). The minimum atomic E-state index is -2.77. The molecule has 0 aliphatic carbocycles. The van der Waals surface area contributed by atoms with Crippen LogP contribution in [0.4, 0.5) is 0 Å². The lowest BCUT2D eigenvalue weighted by Crippen LogP contribution is -2.68. The molecule has 0 radical (unpaired) electrons. The average molecular weight is 385 g/mol. The molecule has 2 aromatic rings. The predicted octanol–water partition coefficient (Wildman–Crippen LogP) is 2.63. The quantitative estimate of drug-likeness (QED) is 0.614. The molecule has 4 nitrogen and oxygen atoms in total. The minimum Gasteiger partial charge on any atom is -0.460 e. The number of aliphatic hydroxyl groups is 1. The topological polar surface area (TPSA) is 55.8 Å². The van der Waals surface area contributed by atoms with E-state index in [1.807, 2.05) is 36.4 Å². The highest BCUT2D eigenvalue weighted by Crippen LogP contribution is 2.38. The van der Waals surface area contributed by atoms with Crippen LogP contribution in [0.15, 0.2) is 60.7 Å². The van der Waals surface area contributed by atoms with Gasteiger partial charge in [0.1, 0.15) is 12.2 Å². The Morgan fingerprint density at radius 2 is 1.59 bits per heavy atom. The zero-order chi connectivity index (χ0) is 19.5. The molecule has 1 aliphatic rings. The molecule has 0 spiro atoms. The van der Waals surface area contributed by atoms with Gasteiger partial charge in [-0.1, -0.05) is 81.4 Å². The maximum absolute atomic E-state index is 11.6. The van der Waals surface area contributed by atoms with E-state index < -0.39 is 20.5 Å². The monoisotopic (exact) mass is 384 g/mol. The van der Waals surface area contributed by atoms with Gasteiger partial charge >= 0.3 is 5.97 Å². The predicted molar refractivity (Wildman–Crippen MR) is 109 cm³/mol. The van der Waals surface area contributed by atoms with E-state index in [1.54, 1.807) is 0 Å². The van der Waals surface area contributed by atoms with Crippen LogP contribution in [0.2, 0.25) is 5.04 Å². The summed E-state index contributed by atoms with van der Waals surface area (Å²) in [6, 6.07) is 20.5. The van der Waals surface area contributed by atoms with E-state index in [-0.39, 0.29) is 17.6 Å². The van der Waals surface area contributed by atoms with Crippen molar-refractivity contribution in [3.05, 3.63) is 60.7 Å². The van der Waals surface area contributed by atoms with E-state index in [9.17, 15) is 9.90 Å². The third-order valence-electron chi connectivity index (χ3n) is 5.26. The molecule has 0 aromatic heterocycles. The normalized spacial score (nSPS) is 19.0. The second kappa shape index (κ2) is 7.96. The van der Waals surface area contributed by atoms with Crippen LogP contribution >= 0.6 is 0 Å². The van der Waals surface area contributed by atoms with Gasteiger partial charge < -0.3 is 14.3 Å². The summed E-state index contributed by atoms with van der Waals surface area (Å²) >= 11 is 0. The largest absolute Gasteiger partial charge is 0.460 e. The molecule has 27 heavy (non-hydrogen) atoms. The van der Waals surface area contributed by atoms with E-state index in [0.717, 1.165) is 10.4 Å². The molecule has 0 amide bonds. The molecule has 2 atom stereocenters. The minimum absolute atomic E-state index is 0.178. The Bertz CT molecular complexity index is 715. The second-order valence-corrected chi connectivity index (χ2v) is 12.3. The van der Waals surface area contributed by atoms with E-state index in [2.05, 4.69) is 45.0 Å². The van der Waals surface area contributed by atoms with Gasteiger partial charge in [-0.25, -0.2) is 0 Å². The first kappa shape index (κ1) is 19.8. The molecule has 144 valence electrons. The van der Waals surface area contributed by atoms with Gasteiger partial charge in [-0.05, 0) is 21.8 Å². The fraction of sp³-hybridized carbons (Fsp3) is 0.409. The summed E-state index contributed by atoms with van der Waals surface area (Å²) in [6.07, 6.45) is 0.0278. The van der Waals surface area contributed by atoms with Crippen LogP contribution in [0.3, 0.4) is 0 Å². The third-order valence-corrected chi connectivity index (χ3v) is 10.3. The Balaban J connectivity index is 2.12. The highest BCUT2D eigenvalue weighted by molar-refractivity contribution is 6.99. The summed E-state index contributed by atoms with van der Waals surface area (Å²) in [5.74, 6) is -0.218. The number of ether oxygens (including phenoxy) is 1. The van der Waals surface area contributed by atoms with E-state index in [4.69, 9.17) is 9.16 Å². The van der Waals surface area contributed by atoms with Crippen LogP contribution in [0, 0.1) is 0 Å². The van der Waals surface area contributed by atoms with Crippen molar-refractivity contribution in [3.63, 3.8) is 0 Å². The summed E-state index contributed by atoms with van der Waals surface area (Å²) in [4.78, 5) is 11.6. The van der Waals surface area contributed by atoms with E-state index >= 15 is 0 Å². The molecule has 0 bridgehead atoms. The maximum atomic E-state index is 11.6. The first-order valence-corrected chi connectivity index (χ1v) is 11.4. The van der Waals surface area contributed by atoms with Crippen molar-refractivity contribution >= 4 is 24.7 Å². The number of hydrogen-bond acceptors (Lipinski definition) is 4. The van der Waals surface area contributed by atoms with Crippen molar-refractivity contribution in [2.45, 2.75) is 50.9 Å². The van der Waals surface area contributed by atoms with Gasteiger partial charge in [0.05, 0.1) is 6.61 Å². The fourth-order valence-corrected chi connectivity index (χ4v) is 8.65. The second-order valence-electron chi connectivity index (χ2n) is 8.07. The molecular weight excluding hydrogens is 356 g/mol. The van der Waals surface area contributed by atoms with Crippen LogP contribution in [0.25, 0.3) is 0 Å². The highest BCUT2D eigenvalue weighted by atomic mass is 28.4. The number of esters is 1. The fourth-order valence-electron chi connectivity index (χ4n) is 3.96. The van der Waals surface area contributed by atoms with Crippen molar-refractivity contribution in [2.75, 3.05) is 6.61 Å². The molecule has 1 fully saturated rings. The van der Waals surface area contributed by atoms with Gasteiger partial charge in [0, 0.05) is 6.42 Å². The van der Waals surface area contributed by atoms with Crippen LogP contribution in [0.1, 0.15) is 33.6 Å². The van der Waals surface area contributed by atoms with Crippen molar-refractivity contribution in [1.29, 1.82) is 0 Å². The Kier molecular flexibility index (Phi) is 5.84. The van der Waals surface area contributed by atoms with Crippen molar-refractivity contribution in [1.82, 2.24) is 0 Å². The number of benzene rings is 2. The van der Waals surface area contributed by atoms with Crippen molar-refractivity contribution in [2.24, 2.45) is 0 Å². The molecule has 1 saturated heterocycles. The molecule has 5 heteroatoms. The number of hydrogen-bond donors (Lipinski definition) is 1. The van der Waals surface area contributed by atoms with E-state index in [1.165, 1.54) is 0 Å². The zero-order valence-electron chi connectivity index (χ0n) is 16.2. The summed E-state index contributed by atoms with van der Waals surface area (Å²) in [7, 11) is -2.77. The Labute approximate surface area is 162 Å². The molecule has 2 aromatic carbocycles. The number of carbonyl (C=O) groups is 1. The average Bonchev–Trinajstić information content (AvgIpc) is 3.09. The van der Waals surface area contributed by atoms with Crippen molar-refractivity contribution in [3.8, 4) is 0 Å². The van der Waals surface area contributed by atoms with Gasteiger partial charge in [0.15, 0.2) is 0 Å². The van der Waals surface area contributed by atoms with Crippen LogP contribution < -0.4 is 10.4 Å². The van der Waals surface area contributed by atoms with E-state index in [0.29, 0.717) is 12.8 Å². The molecule has 0 unspecified atom stereocenters. The zero-order valence-corrected chi connectivity index (χ0v) is 17.2. The van der Waals surface area contributed by atoms with Crippen LogP contribution in [-0.4, -0.2) is 38.2 Å². The third kappa shape index (κ3) is 3.86. The highest BCUT2D eigenvalue weighted by Gasteiger charge is 2.52. The van der Waals surface area contributed by atoms with Gasteiger partial charge in [0.25, 0.3) is 8.32 Å². The van der Waals surface area contributed by atoms with Gasteiger partial charge in [-0.3, -0.25) is 4.79 Å². The SMILES string of the molecule is CC(C)(C)[Si](O[C@H](CO)[C@H]1CCC(=O)O1)(c1ccccc1)c1ccccc1. The molecule has 0 saturated carbocycles. The number of carbonyl (C=O) groups excluding carboxylic acids is 1. The lowest BCUT2D eigenvalue weighted by molar-refractivity contribution is -0.145. The molecule has 1 aliphatic heterocycles. The van der Waals surface area contributed by atoms with Gasteiger partial charge in [0.2, 0.25) is 0 Å². The smallest absolute Gasteiger partial charge is 0.306 e. The van der Waals surface area contributed by atoms with Crippen molar-refractivity contribution < 1.29 is 19.1 Å². The first-order chi connectivity index (χ1) is 12.9. The molecule has 1 heterocycles. The Morgan fingerprint density at radius 3 is 1.96 bits per heavy atom. The Morgan fingerprint density at radius 1 is 1.07 bits per heavy atom. The lowest BCUT2D eigenvalue weighted by Gasteiger charge is -2.45. The number of rotatable bonds is 6. The standard InChI is InChI=1S/C22H28O4Si/c1-22(2,3)27(17-10-6-4-7-11-17,18-12-8-5-9-13-18)26-20(16-23)19-14-15-21(24)25-19/h4-13,19-20,23H,14-16H2,1-3H3/t19-,20-/m1/s1. The molecular formula is C22H28O4Si. The first-order valence-electron chi connectivity index (χ1n) is 9.47. The summed E-state index contributed by atoms with van der Waals surface area (Å²) in [5.41, 5.74) is 0. The maximum Gasteiger partial charge on any atom is 0.306 e. The Hall–Kier alpha value is -1.95. The summed E-state index contributed by atoms with van der Waals surface area (Å²) < 4.78 is 12.3. The number of aliphatic hydroxyl groups excluding tert-OH is 1. The summed E-state index contributed by atoms with van der Waals surface area (Å²) in [6.45, 7) is 6.39. The van der Waals surface area contributed by atoms with Gasteiger partial charge in [-0.15, -0.1) is 0 Å². The molecule has 1 N–H and O–H groups in total. The lowest BCUT2D eigenvalue weighted by atomic mass is 10.1. The summed E-state index contributed by atoms with van der Waals surface area (Å²) in [5, 5.41) is 12.2. The van der Waals surface area contributed by atoms with Gasteiger partial charge in [-0.2, -0.15) is 0 Å².